The van der Waals surface area contributed by atoms with Crippen molar-refractivity contribution in [2.45, 2.75) is 24.7 Å². The molecule has 2 N–H and O–H groups in total. The Labute approximate surface area is 150 Å². The van der Waals surface area contributed by atoms with Crippen molar-refractivity contribution in [1.82, 2.24) is 5.43 Å². The van der Waals surface area contributed by atoms with E-state index in [0.29, 0.717) is 0 Å². The summed E-state index contributed by atoms with van der Waals surface area (Å²) >= 11 is 0. The number of hydrogen-bond donors (Lipinski definition) is 2. The topological polar surface area (TPSA) is 41.1 Å². The van der Waals surface area contributed by atoms with Crippen molar-refractivity contribution in [3.8, 4) is 0 Å². The molecule has 0 heterocycles. The normalized spacial score (nSPS) is 19.5. The number of amides is 1. The van der Waals surface area contributed by atoms with Crippen molar-refractivity contribution in [3.63, 3.8) is 0 Å². The Hall–Kier alpha value is -2.71. The maximum atomic E-state index is 13.1. The summed E-state index contributed by atoms with van der Waals surface area (Å²) in [6.45, 7) is 0. The second kappa shape index (κ2) is 6.79. The Morgan fingerprint density at radius 1 is 0.852 bits per heavy atom. The highest BCUT2D eigenvalue weighted by atomic mass is 19.4. The highest BCUT2D eigenvalue weighted by Crippen LogP contribution is 2.51. The number of hydrazine groups is 1. The minimum absolute atomic E-state index is 0.0147. The first-order valence-corrected chi connectivity index (χ1v) is 7.97. The molecule has 0 aliphatic heterocycles. The molecule has 1 fully saturated rings. The van der Waals surface area contributed by atoms with Crippen molar-refractivity contribution in [2.75, 3.05) is 5.43 Å². The van der Waals surface area contributed by atoms with E-state index in [9.17, 15) is 31.1 Å². The molecule has 1 aliphatic rings. The summed E-state index contributed by atoms with van der Waals surface area (Å²) in [6, 6.07) is 9.55. The van der Waals surface area contributed by atoms with E-state index in [1.165, 1.54) is 30.3 Å². The van der Waals surface area contributed by atoms with Gasteiger partial charge in [0.15, 0.2) is 0 Å². The van der Waals surface area contributed by atoms with Crippen molar-refractivity contribution in [3.05, 3.63) is 65.2 Å². The number of nitrogens with one attached hydrogen (secondary N) is 2. The van der Waals surface area contributed by atoms with Gasteiger partial charge in [-0.3, -0.25) is 15.6 Å². The molecule has 1 saturated carbocycles. The van der Waals surface area contributed by atoms with E-state index in [4.69, 9.17) is 0 Å². The predicted octanol–water partition coefficient (Wildman–Crippen LogP) is 4.97. The Bertz CT molecular complexity index is 846. The molecule has 2 atom stereocenters. The van der Waals surface area contributed by atoms with Gasteiger partial charge in [0, 0.05) is 5.92 Å². The van der Waals surface area contributed by atoms with E-state index < -0.39 is 41.2 Å². The standard InChI is InChI=1S/C18H14F6N2O/c19-17(20,21)13-6-2-1-5-10(13)11-9-12(11)16(27)26-25-15-8-4-3-7-14(15)18(22,23)24/h1-8,11-12,25H,9H2,(H,26,27). The molecule has 9 heteroatoms. The van der Waals surface area contributed by atoms with Crippen LogP contribution in [-0.4, -0.2) is 5.91 Å². The van der Waals surface area contributed by atoms with Crippen molar-refractivity contribution < 1.29 is 31.1 Å². The maximum Gasteiger partial charge on any atom is 0.418 e. The second-order valence-electron chi connectivity index (χ2n) is 6.19. The van der Waals surface area contributed by atoms with Crippen molar-refractivity contribution in [2.24, 2.45) is 5.92 Å². The fraction of sp³-hybridized carbons (Fsp3) is 0.278. The van der Waals surface area contributed by atoms with E-state index >= 15 is 0 Å². The van der Waals surface area contributed by atoms with Crippen molar-refractivity contribution >= 4 is 11.6 Å². The van der Waals surface area contributed by atoms with E-state index in [0.717, 1.165) is 18.2 Å². The third-order valence-electron chi connectivity index (χ3n) is 4.35. The first-order valence-electron chi connectivity index (χ1n) is 7.97. The van der Waals surface area contributed by atoms with Crippen LogP contribution >= 0.6 is 0 Å². The van der Waals surface area contributed by atoms with Crippen LogP contribution in [0.1, 0.15) is 29.0 Å². The summed E-state index contributed by atoms with van der Waals surface area (Å²) in [5, 5.41) is 0. The van der Waals surface area contributed by atoms with E-state index in [2.05, 4.69) is 10.9 Å². The highest BCUT2D eigenvalue weighted by Gasteiger charge is 2.48. The summed E-state index contributed by atoms with van der Waals surface area (Å²) in [7, 11) is 0. The second-order valence-corrected chi connectivity index (χ2v) is 6.19. The number of para-hydroxylation sites is 1. The molecule has 3 rings (SSSR count). The Morgan fingerprint density at radius 2 is 1.41 bits per heavy atom. The fourth-order valence-corrected chi connectivity index (χ4v) is 2.97. The molecule has 27 heavy (non-hydrogen) atoms. The Kier molecular flexibility index (Phi) is 4.79. The predicted molar refractivity (Wildman–Crippen MR) is 85.5 cm³/mol. The van der Waals surface area contributed by atoms with Gasteiger partial charge in [0.05, 0.1) is 16.8 Å². The number of carbonyl (C=O) groups excluding carboxylic acids is 1. The Balaban J connectivity index is 1.68. The fourth-order valence-electron chi connectivity index (χ4n) is 2.97. The number of halogens is 6. The monoisotopic (exact) mass is 388 g/mol. The van der Waals surface area contributed by atoms with E-state index in [1.807, 2.05) is 0 Å². The molecule has 2 aromatic carbocycles. The maximum absolute atomic E-state index is 13.1. The SMILES string of the molecule is O=C(NNc1ccccc1C(F)(F)F)C1CC1c1ccccc1C(F)(F)F. The van der Waals surface area contributed by atoms with Crippen LogP contribution in [0.3, 0.4) is 0 Å². The third-order valence-corrected chi connectivity index (χ3v) is 4.35. The van der Waals surface area contributed by atoms with Gasteiger partial charge in [-0.2, -0.15) is 26.3 Å². The van der Waals surface area contributed by atoms with Gasteiger partial charge in [-0.15, -0.1) is 0 Å². The van der Waals surface area contributed by atoms with Gasteiger partial charge in [-0.05, 0) is 36.1 Å². The zero-order chi connectivity index (χ0) is 19.8. The molecular weight excluding hydrogens is 374 g/mol. The first-order chi connectivity index (χ1) is 12.6. The molecule has 1 amide bonds. The summed E-state index contributed by atoms with van der Waals surface area (Å²) in [5.74, 6) is -2.02. The largest absolute Gasteiger partial charge is 0.418 e. The third kappa shape index (κ3) is 4.17. The number of anilines is 1. The summed E-state index contributed by atoms with van der Waals surface area (Å²) < 4.78 is 78.0. The quantitative estimate of drug-likeness (QED) is 0.574. The summed E-state index contributed by atoms with van der Waals surface area (Å²) in [4.78, 5) is 12.1. The van der Waals surface area contributed by atoms with Crippen molar-refractivity contribution in [1.29, 1.82) is 0 Å². The number of alkyl halides is 6. The van der Waals surface area contributed by atoms with E-state index in [1.54, 1.807) is 0 Å². The lowest BCUT2D eigenvalue weighted by atomic mass is 10.0. The highest BCUT2D eigenvalue weighted by molar-refractivity contribution is 5.84. The average molecular weight is 388 g/mol. The molecular formula is C18H14F6N2O. The molecule has 0 spiro atoms. The van der Waals surface area contributed by atoms with Crippen LogP contribution in [0.15, 0.2) is 48.5 Å². The molecule has 2 unspecified atom stereocenters. The molecule has 0 bridgehead atoms. The minimum atomic E-state index is -4.61. The average Bonchev–Trinajstić information content (AvgIpc) is 3.39. The van der Waals surface area contributed by atoms with Gasteiger partial charge in [0.1, 0.15) is 0 Å². The Morgan fingerprint density at radius 3 is 2.04 bits per heavy atom. The number of hydrogen-bond acceptors (Lipinski definition) is 2. The molecule has 0 saturated heterocycles. The number of rotatable bonds is 4. The number of benzene rings is 2. The lowest BCUT2D eigenvalue weighted by Crippen LogP contribution is -2.32. The van der Waals surface area contributed by atoms with Crippen LogP contribution in [-0.2, 0) is 17.1 Å². The van der Waals surface area contributed by atoms with Gasteiger partial charge in [0.25, 0.3) is 0 Å². The summed E-state index contributed by atoms with van der Waals surface area (Å²) in [5.41, 5.74) is 2.29. The van der Waals surface area contributed by atoms with Gasteiger partial charge in [-0.25, -0.2) is 0 Å². The molecule has 1 aliphatic carbocycles. The van der Waals surface area contributed by atoms with Crippen LogP contribution in [0, 0.1) is 5.92 Å². The van der Waals surface area contributed by atoms with Gasteiger partial charge < -0.3 is 0 Å². The van der Waals surface area contributed by atoms with Gasteiger partial charge >= 0.3 is 12.4 Å². The lowest BCUT2D eigenvalue weighted by molar-refractivity contribution is -0.138. The van der Waals surface area contributed by atoms with Crippen LogP contribution in [0.2, 0.25) is 0 Å². The van der Waals surface area contributed by atoms with Crippen LogP contribution in [0.25, 0.3) is 0 Å². The van der Waals surface area contributed by atoms with Gasteiger partial charge in [-0.1, -0.05) is 30.3 Å². The lowest BCUT2D eigenvalue weighted by Gasteiger charge is -2.15. The van der Waals surface area contributed by atoms with Gasteiger partial charge in [0.2, 0.25) is 5.91 Å². The smallest absolute Gasteiger partial charge is 0.298 e. The van der Waals surface area contributed by atoms with Crippen LogP contribution in [0.4, 0.5) is 32.0 Å². The molecule has 144 valence electrons. The zero-order valence-corrected chi connectivity index (χ0v) is 13.7. The van der Waals surface area contributed by atoms with E-state index in [-0.39, 0.29) is 17.7 Å². The molecule has 0 aromatic heterocycles. The molecule has 3 nitrogen and oxygen atoms in total. The zero-order valence-electron chi connectivity index (χ0n) is 13.7. The molecule has 2 aromatic rings. The summed E-state index contributed by atoms with van der Waals surface area (Å²) in [6.07, 6.45) is -8.95. The minimum Gasteiger partial charge on any atom is -0.298 e. The van der Waals surface area contributed by atoms with Crippen LogP contribution < -0.4 is 10.9 Å². The van der Waals surface area contributed by atoms with Crippen LogP contribution in [0.5, 0.6) is 0 Å². The number of carbonyl (C=O) groups is 1. The first kappa shape index (κ1) is 19.1. The molecule has 0 radical (unpaired) electrons.